The number of nitrogens with zero attached hydrogens (tertiary/aromatic N) is 3. The summed E-state index contributed by atoms with van der Waals surface area (Å²) in [6.45, 7) is -2.57. The molecule has 0 aromatic heterocycles. The van der Waals surface area contributed by atoms with Gasteiger partial charge in [0.1, 0.15) is 18.4 Å². The SMILES string of the molecule is O=C(O)COC(CN1C(=O)C=CC1=O)(CN1C(=O)C=CC1=O)CN1C(=O)C=CC1O. The number of carboxylic acids is 1. The van der Waals surface area contributed by atoms with Crippen LogP contribution in [0, 0.1) is 0 Å². The number of ether oxygens (including phenoxy) is 1. The van der Waals surface area contributed by atoms with Crippen LogP contribution in [0.2, 0.25) is 0 Å². The van der Waals surface area contributed by atoms with Gasteiger partial charge in [-0.05, 0) is 6.08 Å². The van der Waals surface area contributed by atoms with Gasteiger partial charge in [-0.2, -0.15) is 0 Å². The van der Waals surface area contributed by atoms with E-state index in [4.69, 9.17) is 9.84 Å². The molecule has 3 heterocycles. The van der Waals surface area contributed by atoms with E-state index < -0.39 is 73.6 Å². The van der Waals surface area contributed by atoms with Gasteiger partial charge in [0, 0.05) is 30.4 Å². The molecule has 0 spiro atoms. The number of aliphatic carboxylic acids is 1. The molecular formula is C18H17N3O9. The van der Waals surface area contributed by atoms with E-state index >= 15 is 0 Å². The Bertz CT molecular complexity index is 840. The van der Waals surface area contributed by atoms with Crippen LogP contribution < -0.4 is 0 Å². The highest BCUT2D eigenvalue weighted by Crippen LogP contribution is 2.24. The topological polar surface area (TPSA) is 162 Å². The van der Waals surface area contributed by atoms with Gasteiger partial charge in [0.05, 0.1) is 19.6 Å². The Labute approximate surface area is 169 Å². The summed E-state index contributed by atoms with van der Waals surface area (Å²) >= 11 is 0. The highest BCUT2D eigenvalue weighted by molar-refractivity contribution is 6.13. The molecule has 0 aromatic carbocycles. The van der Waals surface area contributed by atoms with Crippen LogP contribution in [0.5, 0.6) is 0 Å². The van der Waals surface area contributed by atoms with E-state index in [9.17, 15) is 33.9 Å². The molecule has 1 unspecified atom stereocenters. The van der Waals surface area contributed by atoms with E-state index in [0.717, 1.165) is 45.1 Å². The molecule has 0 aromatic rings. The number of hydrogen-bond donors (Lipinski definition) is 2. The van der Waals surface area contributed by atoms with Gasteiger partial charge in [-0.25, -0.2) is 4.79 Å². The van der Waals surface area contributed by atoms with E-state index in [-0.39, 0.29) is 0 Å². The number of amides is 5. The Morgan fingerprint density at radius 2 is 1.30 bits per heavy atom. The molecule has 12 heteroatoms. The first-order valence-electron chi connectivity index (χ1n) is 8.72. The maximum atomic E-state index is 12.1. The summed E-state index contributed by atoms with van der Waals surface area (Å²) in [6, 6.07) is 0. The molecule has 12 nitrogen and oxygen atoms in total. The monoisotopic (exact) mass is 419 g/mol. The molecule has 0 saturated carbocycles. The van der Waals surface area contributed by atoms with Crippen LogP contribution in [0.3, 0.4) is 0 Å². The Balaban J connectivity index is 1.97. The zero-order valence-electron chi connectivity index (χ0n) is 15.5. The van der Waals surface area contributed by atoms with Gasteiger partial charge in [-0.3, -0.25) is 33.8 Å². The van der Waals surface area contributed by atoms with Crippen LogP contribution in [0.4, 0.5) is 0 Å². The van der Waals surface area contributed by atoms with Gasteiger partial charge in [0.2, 0.25) is 5.91 Å². The number of aliphatic hydroxyl groups excluding tert-OH is 1. The van der Waals surface area contributed by atoms with E-state index in [1.807, 2.05) is 0 Å². The molecule has 30 heavy (non-hydrogen) atoms. The summed E-state index contributed by atoms with van der Waals surface area (Å²) < 4.78 is 5.49. The fourth-order valence-electron chi connectivity index (χ4n) is 3.23. The van der Waals surface area contributed by atoms with Crippen molar-refractivity contribution in [3.8, 4) is 0 Å². The third-order valence-electron chi connectivity index (χ3n) is 4.67. The maximum absolute atomic E-state index is 12.1. The molecule has 1 atom stereocenters. The first-order valence-corrected chi connectivity index (χ1v) is 8.72. The number of hydrogen-bond acceptors (Lipinski definition) is 8. The van der Waals surface area contributed by atoms with E-state index in [2.05, 4.69) is 0 Å². The quantitative estimate of drug-likeness (QED) is 0.381. The fraction of sp³-hybridized carbons (Fsp3) is 0.333. The lowest BCUT2D eigenvalue weighted by molar-refractivity contribution is -0.165. The molecule has 0 fully saturated rings. The first-order chi connectivity index (χ1) is 14.1. The molecule has 3 aliphatic heterocycles. The van der Waals surface area contributed by atoms with Crippen molar-refractivity contribution in [2.45, 2.75) is 11.8 Å². The molecule has 3 aliphatic rings. The Morgan fingerprint density at radius 1 is 0.833 bits per heavy atom. The summed E-state index contributed by atoms with van der Waals surface area (Å²) in [5.41, 5.74) is -1.88. The third kappa shape index (κ3) is 4.18. The van der Waals surface area contributed by atoms with Crippen molar-refractivity contribution in [1.82, 2.24) is 14.7 Å². The van der Waals surface area contributed by atoms with Gasteiger partial charge in [0.25, 0.3) is 23.6 Å². The second-order valence-corrected chi connectivity index (χ2v) is 6.80. The predicted octanol–water partition coefficient (Wildman–Crippen LogP) is -2.61. The smallest absolute Gasteiger partial charge is 0.329 e. The standard InChI is InChI=1S/C18H17N3O9/c22-11-1-2-12(23)19(11)8-18(30-7-17(28)29,9-20-13(24)3-4-14(20)25)10-21-15(26)5-6-16(21)27/h1-6,11,22H,7-10H2,(H,28,29). The van der Waals surface area contributed by atoms with E-state index in [1.165, 1.54) is 6.08 Å². The lowest BCUT2D eigenvalue weighted by atomic mass is 10.00. The van der Waals surface area contributed by atoms with Gasteiger partial charge in [-0.1, -0.05) is 0 Å². The molecule has 5 amide bonds. The minimum absolute atomic E-state index is 0.512. The number of imide groups is 2. The number of carbonyl (C=O) groups is 6. The normalized spacial score (nSPS) is 21.2. The molecule has 2 N–H and O–H groups in total. The minimum atomic E-state index is -1.88. The van der Waals surface area contributed by atoms with Crippen molar-refractivity contribution in [2.24, 2.45) is 0 Å². The predicted molar refractivity (Wildman–Crippen MR) is 94.9 cm³/mol. The first kappa shape index (κ1) is 21.1. The van der Waals surface area contributed by atoms with Crippen LogP contribution in [-0.2, 0) is 33.5 Å². The number of carbonyl (C=O) groups excluding carboxylic acids is 5. The van der Waals surface area contributed by atoms with Crippen molar-refractivity contribution < 1.29 is 43.7 Å². The third-order valence-corrected chi connectivity index (χ3v) is 4.67. The average molecular weight is 419 g/mol. The Hall–Kier alpha value is -3.64. The van der Waals surface area contributed by atoms with Crippen molar-refractivity contribution in [3.05, 3.63) is 36.5 Å². The largest absolute Gasteiger partial charge is 0.480 e. The van der Waals surface area contributed by atoms with Crippen molar-refractivity contribution in [1.29, 1.82) is 0 Å². The highest BCUT2D eigenvalue weighted by atomic mass is 16.5. The number of aliphatic hydroxyl groups is 1. The fourth-order valence-corrected chi connectivity index (χ4v) is 3.23. The Morgan fingerprint density at radius 3 is 1.67 bits per heavy atom. The second-order valence-electron chi connectivity index (χ2n) is 6.80. The summed E-state index contributed by atoms with van der Waals surface area (Å²) in [7, 11) is 0. The molecule has 0 radical (unpaired) electrons. The summed E-state index contributed by atoms with van der Waals surface area (Å²) in [6.07, 6.45) is 4.85. The number of rotatable bonds is 9. The van der Waals surface area contributed by atoms with Crippen LogP contribution in [0.25, 0.3) is 0 Å². The molecular weight excluding hydrogens is 402 g/mol. The number of carboxylic acid groups (broad SMARTS) is 1. The lowest BCUT2D eigenvalue weighted by Gasteiger charge is -2.41. The van der Waals surface area contributed by atoms with E-state index in [0.29, 0.717) is 0 Å². The molecule has 0 saturated heterocycles. The summed E-state index contributed by atoms with van der Waals surface area (Å²) in [4.78, 5) is 74.0. The van der Waals surface area contributed by atoms with Crippen molar-refractivity contribution in [3.63, 3.8) is 0 Å². The van der Waals surface area contributed by atoms with Crippen molar-refractivity contribution >= 4 is 35.5 Å². The second kappa shape index (κ2) is 8.00. The zero-order valence-corrected chi connectivity index (χ0v) is 15.5. The van der Waals surface area contributed by atoms with Gasteiger partial charge in [0.15, 0.2) is 0 Å². The lowest BCUT2D eigenvalue weighted by Crippen LogP contribution is -2.61. The van der Waals surface area contributed by atoms with E-state index in [1.54, 1.807) is 0 Å². The zero-order chi connectivity index (χ0) is 22.1. The maximum Gasteiger partial charge on any atom is 0.329 e. The van der Waals surface area contributed by atoms with Gasteiger partial charge in [-0.15, -0.1) is 0 Å². The van der Waals surface area contributed by atoms with Crippen molar-refractivity contribution in [2.75, 3.05) is 26.2 Å². The Kier molecular flexibility index (Phi) is 5.62. The summed E-state index contributed by atoms with van der Waals surface area (Å²) in [5.74, 6) is -4.90. The average Bonchev–Trinajstić information content (AvgIpc) is 3.29. The van der Waals surface area contributed by atoms with Crippen LogP contribution in [0.1, 0.15) is 0 Å². The molecule has 0 bridgehead atoms. The minimum Gasteiger partial charge on any atom is -0.480 e. The van der Waals surface area contributed by atoms with Gasteiger partial charge >= 0.3 is 5.97 Å². The van der Waals surface area contributed by atoms with Crippen LogP contribution in [0.15, 0.2) is 36.5 Å². The highest BCUT2D eigenvalue weighted by Gasteiger charge is 2.46. The molecule has 158 valence electrons. The van der Waals surface area contributed by atoms with Crippen LogP contribution >= 0.6 is 0 Å². The molecule has 3 rings (SSSR count). The summed E-state index contributed by atoms with van der Waals surface area (Å²) in [5, 5.41) is 19.1. The van der Waals surface area contributed by atoms with Gasteiger partial charge < -0.3 is 19.8 Å². The molecule has 0 aliphatic carbocycles. The van der Waals surface area contributed by atoms with Crippen LogP contribution in [-0.4, -0.2) is 98.5 Å².